The molecule has 0 unspecified atom stereocenters. The molecule has 0 spiro atoms. The van der Waals surface area contributed by atoms with Gasteiger partial charge in [-0.2, -0.15) is 0 Å². The molecule has 0 radical (unpaired) electrons. The van der Waals surface area contributed by atoms with Crippen molar-refractivity contribution in [2.75, 3.05) is 0 Å². The van der Waals surface area contributed by atoms with E-state index in [0.29, 0.717) is 17.9 Å². The highest BCUT2D eigenvalue weighted by Gasteiger charge is 2.17. The van der Waals surface area contributed by atoms with E-state index in [2.05, 4.69) is 10.3 Å². The van der Waals surface area contributed by atoms with Crippen LogP contribution in [0.1, 0.15) is 27.2 Å². The number of carbonyl (C=O) groups excluding carboxylic acids is 1. The lowest BCUT2D eigenvalue weighted by molar-refractivity contribution is 0.0948. The molecule has 0 aliphatic heterocycles. The molecule has 2 aromatic heterocycles. The van der Waals surface area contributed by atoms with Gasteiger partial charge in [0.1, 0.15) is 11.2 Å². The molecular formula is C18H17N3O2. The van der Waals surface area contributed by atoms with E-state index >= 15 is 0 Å². The first-order chi connectivity index (χ1) is 11.1. The molecular weight excluding hydrogens is 290 g/mol. The van der Waals surface area contributed by atoms with E-state index < -0.39 is 5.91 Å². The van der Waals surface area contributed by atoms with Gasteiger partial charge in [-0.3, -0.25) is 14.0 Å². The molecule has 116 valence electrons. The predicted molar refractivity (Wildman–Crippen MR) is 88.5 cm³/mol. The molecule has 0 aliphatic rings. The van der Waals surface area contributed by atoms with Crippen LogP contribution in [0.2, 0.25) is 0 Å². The Kier molecular flexibility index (Phi) is 3.93. The first-order valence-electron chi connectivity index (χ1n) is 7.38. The summed E-state index contributed by atoms with van der Waals surface area (Å²) in [6, 6.07) is 13.1. The van der Waals surface area contributed by atoms with Crippen molar-refractivity contribution in [3.05, 3.63) is 81.4 Å². The second-order valence-corrected chi connectivity index (χ2v) is 5.42. The Hall–Kier alpha value is -2.95. The summed E-state index contributed by atoms with van der Waals surface area (Å²) in [5.74, 6) is -0.401. The van der Waals surface area contributed by atoms with Gasteiger partial charge in [0.05, 0.1) is 5.69 Å². The van der Waals surface area contributed by atoms with Gasteiger partial charge in [-0.05, 0) is 37.1 Å². The average Bonchev–Trinajstić information content (AvgIpc) is 2.54. The summed E-state index contributed by atoms with van der Waals surface area (Å²) in [7, 11) is 0. The molecule has 0 bridgehead atoms. The number of benzene rings is 1. The normalized spacial score (nSPS) is 10.7. The summed E-state index contributed by atoms with van der Waals surface area (Å²) in [4.78, 5) is 29.3. The van der Waals surface area contributed by atoms with Gasteiger partial charge in [0.25, 0.3) is 11.5 Å². The topological polar surface area (TPSA) is 63.5 Å². The summed E-state index contributed by atoms with van der Waals surface area (Å²) < 4.78 is 1.38. The molecule has 0 saturated heterocycles. The fourth-order valence-electron chi connectivity index (χ4n) is 2.53. The SMILES string of the molecule is Cc1ccccc1CNC(=O)c1c(C)nc2ccccn2c1=O. The van der Waals surface area contributed by atoms with Gasteiger partial charge in [0, 0.05) is 12.7 Å². The van der Waals surface area contributed by atoms with Crippen LogP contribution in [0.5, 0.6) is 0 Å². The number of aromatic nitrogens is 2. The zero-order valence-electron chi connectivity index (χ0n) is 13.0. The minimum atomic E-state index is -0.401. The smallest absolute Gasteiger partial charge is 0.270 e. The van der Waals surface area contributed by atoms with Crippen molar-refractivity contribution in [1.29, 1.82) is 0 Å². The van der Waals surface area contributed by atoms with Crippen LogP contribution >= 0.6 is 0 Å². The Morgan fingerprint density at radius 1 is 1.13 bits per heavy atom. The lowest BCUT2D eigenvalue weighted by atomic mass is 10.1. The summed E-state index contributed by atoms with van der Waals surface area (Å²) in [5.41, 5.74) is 2.82. The molecule has 23 heavy (non-hydrogen) atoms. The van der Waals surface area contributed by atoms with Gasteiger partial charge in [-0.25, -0.2) is 4.98 Å². The highest BCUT2D eigenvalue weighted by molar-refractivity contribution is 5.95. The van der Waals surface area contributed by atoms with Crippen LogP contribution in [0.25, 0.3) is 5.65 Å². The van der Waals surface area contributed by atoms with Crippen molar-refractivity contribution in [2.45, 2.75) is 20.4 Å². The number of carbonyl (C=O) groups is 1. The van der Waals surface area contributed by atoms with Gasteiger partial charge in [0.2, 0.25) is 0 Å². The van der Waals surface area contributed by atoms with Crippen LogP contribution in [0, 0.1) is 13.8 Å². The van der Waals surface area contributed by atoms with Gasteiger partial charge >= 0.3 is 0 Å². The van der Waals surface area contributed by atoms with Gasteiger partial charge in [0.15, 0.2) is 0 Å². The largest absolute Gasteiger partial charge is 0.348 e. The van der Waals surface area contributed by atoms with E-state index in [1.807, 2.05) is 31.2 Å². The number of hydrogen-bond acceptors (Lipinski definition) is 3. The van der Waals surface area contributed by atoms with E-state index in [1.54, 1.807) is 31.3 Å². The van der Waals surface area contributed by atoms with Crippen molar-refractivity contribution in [2.24, 2.45) is 0 Å². The van der Waals surface area contributed by atoms with Crippen LogP contribution < -0.4 is 10.9 Å². The summed E-state index contributed by atoms with van der Waals surface area (Å²) in [6.07, 6.45) is 1.61. The summed E-state index contributed by atoms with van der Waals surface area (Å²) in [5, 5.41) is 2.81. The molecule has 0 saturated carbocycles. The fourth-order valence-corrected chi connectivity index (χ4v) is 2.53. The third-order valence-electron chi connectivity index (χ3n) is 3.84. The Balaban J connectivity index is 1.92. The molecule has 5 heteroatoms. The lowest BCUT2D eigenvalue weighted by Gasteiger charge is -2.10. The molecule has 3 rings (SSSR count). The zero-order valence-corrected chi connectivity index (χ0v) is 13.0. The van der Waals surface area contributed by atoms with E-state index in [4.69, 9.17) is 0 Å². The molecule has 2 heterocycles. The van der Waals surface area contributed by atoms with E-state index in [0.717, 1.165) is 11.1 Å². The maximum absolute atomic E-state index is 12.5. The summed E-state index contributed by atoms with van der Waals surface area (Å²) in [6.45, 7) is 4.04. The Morgan fingerprint density at radius 2 is 1.87 bits per heavy atom. The Morgan fingerprint density at radius 3 is 2.65 bits per heavy atom. The van der Waals surface area contributed by atoms with Crippen molar-refractivity contribution in [3.8, 4) is 0 Å². The van der Waals surface area contributed by atoms with Crippen molar-refractivity contribution in [3.63, 3.8) is 0 Å². The summed E-state index contributed by atoms with van der Waals surface area (Å²) >= 11 is 0. The number of pyridine rings is 1. The molecule has 5 nitrogen and oxygen atoms in total. The minimum absolute atomic E-state index is 0.0854. The molecule has 0 aliphatic carbocycles. The van der Waals surface area contributed by atoms with E-state index in [9.17, 15) is 9.59 Å². The number of aryl methyl sites for hydroxylation is 2. The molecule has 1 aromatic carbocycles. The van der Waals surface area contributed by atoms with Gasteiger partial charge < -0.3 is 5.32 Å². The maximum atomic E-state index is 12.5. The minimum Gasteiger partial charge on any atom is -0.348 e. The number of nitrogens with one attached hydrogen (secondary N) is 1. The molecule has 0 fully saturated rings. The quantitative estimate of drug-likeness (QED) is 0.807. The van der Waals surface area contributed by atoms with Crippen LogP contribution in [0.4, 0.5) is 0 Å². The Labute approximate surface area is 133 Å². The first-order valence-corrected chi connectivity index (χ1v) is 7.38. The van der Waals surface area contributed by atoms with Crippen LogP contribution in [0.3, 0.4) is 0 Å². The molecule has 3 aromatic rings. The lowest BCUT2D eigenvalue weighted by Crippen LogP contribution is -2.32. The second-order valence-electron chi connectivity index (χ2n) is 5.42. The highest BCUT2D eigenvalue weighted by Crippen LogP contribution is 2.08. The zero-order chi connectivity index (χ0) is 16.4. The van der Waals surface area contributed by atoms with Crippen molar-refractivity contribution >= 4 is 11.6 Å². The van der Waals surface area contributed by atoms with Crippen molar-refractivity contribution in [1.82, 2.24) is 14.7 Å². The van der Waals surface area contributed by atoms with Gasteiger partial charge in [-0.1, -0.05) is 30.3 Å². The number of fused-ring (bicyclic) bond motifs is 1. The highest BCUT2D eigenvalue weighted by atomic mass is 16.2. The number of rotatable bonds is 3. The fraction of sp³-hybridized carbons (Fsp3) is 0.167. The standard InChI is InChI=1S/C18H17N3O2/c1-12-7-3-4-8-14(12)11-19-17(22)16-13(2)20-15-9-5-6-10-21(15)18(16)23/h3-10H,11H2,1-2H3,(H,19,22). The maximum Gasteiger partial charge on any atom is 0.270 e. The third kappa shape index (κ3) is 2.85. The van der Waals surface area contributed by atoms with Crippen LogP contribution in [-0.4, -0.2) is 15.3 Å². The van der Waals surface area contributed by atoms with Gasteiger partial charge in [-0.15, -0.1) is 0 Å². The second kappa shape index (κ2) is 6.04. The average molecular weight is 307 g/mol. The monoisotopic (exact) mass is 307 g/mol. The van der Waals surface area contributed by atoms with Crippen LogP contribution in [-0.2, 0) is 6.54 Å². The number of hydrogen-bond donors (Lipinski definition) is 1. The predicted octanol–water partition coefficient (Wildman–Crippen LogP) is 2.24. The Bertz CT molecular complexity index is 944. The number of amides is 1. The third-order valence-corrected chi connectivity index (χ3v) is 3.84. The first kappa shape index (κ1) is 15.0. The van der Waals surface area contributed by atoms with Crippen molar-refractivity contribution < 1.29 is 4.79 Å². The molecule has 1 N–H and O–H groups in total. The van der Waals surface area contributed by atoms with Crippen LogP contribution in [0.15, 0.2) is 53.5 Å². The van der Waals surface area contributed by atoms with E-state index in [1.165, 1.54) is 4.40 Å². The number of nitrogens with zero attached hydrogens (tertiary/aromatic N) is 2. The molecule has 0 atom stereocenters. The van der Waals surface area contributed by atoms with E-state index in [-0.39, 0.29) is 11.1 Å². The molecule has 1 amide bonds.